The smallest absolute Gasteiger partial charge is 0.273 e. The molecule has 0 atom stereocenters. The van der Waals surface area contributed by atoms with Crippen molar-refractivity contribution in [3.05, 3.63) is 93.4 Å². The summed E-state index contributed by atoms with van der Waals surface area (Å²) in [5.41, 5.74) is 3.33. The number of hydrogen-bond donors (Lipinski definition) is 2. The molecular formula is C22H20N4O6. The Morgan fingerprint density at radius 2 is 1.94 bits per heavy atom. The molecule has 2 amide bonds. The maximum absolute atomic E-state index is 12.3. The third-order valence-corrected chi connectivity index (χ3v) is 4.42. The molecule has 1 aromatic heterocycles. The third kappa shape index (κ3) is 6.02. The van der Waals surface area contributed by atoms with Gasteiger partial charge in [0.15, 0.2) is 6.61 Å². The molecule has 0 bridgehead atoms. The summed E-state index contributed by atoms with van der Waals surface area (Å²) >= 11 is 0. The predicted molar refractivity (Wildman–Crippen MR) is 115 cm³/mol. The fourth-order valence-electron chi connectivity index (χ4n) is 2.74. The second-order valence-electron chi connectivity index (χ2n) is 6.62. The van der Waals surface area contributed by atoms with Crippen LogP contribution in [0, 0.1) is 17.0 Å². The van der Waals surface area contributed by atoms with Gasteiger partial charge in [-0.05, 0) is 55.0 Å². The molecule has 2 N–H and O–H groups in total. The van der Waals surface area contributed by atoms with E-state index in [1.54, 1.807) is 36.4 Å². The van der Waals surface area contributed by atoms with Gasteiger partial charge in [0.2, 0.25) is 0 Å². The first-order chi connectivity index (χ1) is 15.4. The van der Waals surface area contributed by atoms with Gasteiger partial charge in [-0.2, -0.15) is 5.10 Å². The number of carbonyl (C=O) groups excluding carboxylic acids is 2. The quantitative estimate of drug-likeness (QED) is 0.301. The third-order valence-electron chi connectivity index (χ3n) is 4.42. The van der Waals surface area contributed by atoms with Crippen molar-refractivity contribution in [2.45, 2.75) is 13.5 Å². The number of rotatable bonds is 9. The number of nitrogens with one attached hydrogen (secondary N) is 2. The van der Waals surface area contributed by atoms with Crippen LogP contribution in [0.5, 0.6) is 5.75 Å². The Morgan fingerprint density at radius 1 is 1.16 bits per heavy atom. The van der Waals surface area contributed by atoms with Crippen molar-refractivity contribution in [1.82, 2.24) is 10.7 Å². The monoisotopic (exact) mass is 436 g/mol. The van der Waals surface area contributed by atoms with Crippen molar-refractivity contribution >= 4 is 23.7 Å². The summed E-state index contributed by atoms with van der Waals surface area (Å²) in [6, 6.07) is 14.5. The first-order valence-corrected chi connectivity index (χ1v) is 9.53. The number of carbonyl (C=O) groups is 2. The van der Waals surface area contributed by atoms with Crippen molar-refractivity contribution in [1.29, 1.82) is 0 Å². The average Bonchev–Trinajstić information content (AvgIpc) is 3.30. The Morgan fingerprint density at radius 3 is 2.62 bits per heavy atom. The van der Waals surface area contributed by atoms with Gasteiger partial charge >= 0.3 is 0 Å². The first kappa shape index (κ1) is 22.2. The summed E-state index contributed by atoms with van der Waals surface area (Å²) in [5, 5.41) is 17.5. The molecule has 0 radical (unpaired) electrons. The van der Waals surface area contributed by atoms with Crippen LogP contribution >= 0.6 is 0 Å². The van der Waals surface area contributed by atoms with E-state index in [0.29, 0.717) is 17.1 Å². The topological polar surface area (TPSA) is 136 Å². The van der Waals surface area contributed by atoms with E-state index in [0.717, 1.165) is 0 Å². The van der Waals surface area contributed by atoms with E-state index >= 15 is 0 Å². The molecule has 10 nitrogen and oxygen atoms in total. The molecule has 0 aliphatic rings. The van der Waals surface area contributed by atoms with Crippen molar-refractivity contribution in [3.8, 4) is 5.75 Å². The normalized spacial score (nSPS) is 10.7. The van der Waals surface area contributed by atoms with Crippen LogP contribution in [0.1, 0.15) is 27.2 Å². The predicted octanol–water partition coefficient (Wildman–Crippen LogP) is 2.96. The van der Waals surface area contributed by atoms with Crippen molar-refractivity contribution < 1.29 is 23.7 Å². The number of nitro benzene ring substituents is 1. The summed E-state index contributed by atoms with van der Waals surface area (Å²) in [7, 11) is 0. The molecule has 0 unspecified atom stereocenters. The Labute approximate surface area is 183 Å². The number of nitro groups is 1. The number of furan rings is 1. The highest BCUT2D eigenvalue weighted by Crippen LogP contribution is 2.20. The zero-order chi connectivity index (χ0) is 22.9. The first-order valence-electron chi connectivity index (χ1n) is 9.53. The van der Waals surface area contributed by atoms with Crippen molar-refractivity contribution in [2.75, 3.05) is 6.61 Å². The standard InChI is InChI=1S/C22H20N4O6/c1-15-19(5-2-6-20(15)26(29)30)22(28)25-24-12-16-7-9-17(10-8-16)32-14-21(27)23-13-18-4-3-11-31-18/h2-12H,13-14H2,1H3,(H,23,27)(H,25,28). The van der Waals surface area contributed by atoms with Crippen LogP contribution in [0.25, 0.3) is 0 Å². The largest absolute Gasteiger partial charge is 0.484 e. The fourth-order valence-corrected chi connectivity index (χ4v) is 2.74. The number of hydrogen-bond acceptors (Lipinski definition) is 7. The van der Waals surface area contributed by atoms with E-state index in [1.807, 2.05) is 0 Å². The summed E-state index contributed by atoms with van der Waals surface area (Å²) in [4.78, 5) is 34.5. The van der Waals surface area contributed by atoms with Gasteiger partial charge in [-0.25, -0.2) is 5.43 Å². The summed E-state index contributed by atoms with van der Waals surface area (Å²) < 4.78 is 10.6. The molecule has 0 aliphatic heterocycles. The minimum atomic E-state index is -0.553. The van der Waals surface area contributed by atoms with Crippen LogP contribution in [0.3, 0.4) is 0 Å². The van der Waals surface area contributed by atoms with Crippen LogP contribution in [0.4, 0.5) is 5.69 Å². The summed E-state index contributed by atoms with van der Waals surface area (Å²) in [6.07, 6.45) is 2.95. The Kier molecular flexibility index (Phi) is 7.31. The van der Waals surface area contributed by atoms with Gasteiger partial charge in [0.1, 0.15) is 11.5 Å². The van der Waals surface area contributed by atoms with Gasteiger partial charge in [-0.15, -0.1) is 0 Å². The van der Waals surface area contributed by atoms with Crippen LogP contribution in [-0.4, -0.2) is 29.6 Å². The molecule has 3 rings (SSSR count). The second-order valence-corrected chi connectivity index (χ2v) is 6.62. The molecule has 2 aromatic carbocycles. The Bertz CT molecular complexity index is 1120. The van der Waals surface area contributed by atoms with Crippen LogP contribution in [-0.2, 0) is 11.3 Å². The zero-order valence-corrected chi connectivity index (χ0v) is 17.1. The zero-order valence-electron chi connectivity index (χ0n) is 17.1. The molecule has 1 heterocycles. The van der Waals surface area contributed by atoms with E-state index in [-0.39, 0.29) is 35.9 Å². The Balaban J connectivity index is 1.48. The molecule has 32 heavy (non-hydrogen) atoms. The van der Waals surface area contributed by atoms with Gasteiger partial charge in [-0.3, -0.25) is 19.7 Å². The van der Waals surface area contributed by atoms with Gasteiger partial charge in [0.05, 0.1) is 29.5 Å². The van der Waals surface area contributed by atoms with Crippen molar-refractivity contribution in [2.24, 2.45) is 5.10 Å². The SMILES string of the molecule is Cc1c(C(=O)NN=Cc2ccc(OCC(=O)NCc3ccco3)cc2)cccc1[N+](=O)[O-]. The molecular weight excluding hydrogens is 416 g/mol. The van der Waals surface area contributed by atoms with Gasteiger partial charge in [-0.1, -0.05) is 6.07 Å². The van der Waals surface area contributed by atoms with E-state index in [4.69, 9.17) is 9.15 Å². The van der Waals surface area contributed by atoms with Gasteiger partial charge < -0.3 is 14.5 Å². The summed E-state index contributed by atoms with van der Waals surface area (Å²) in [5.74, 6) is 0.301. The molecule has 10 heteroatoms. The van der Waals surface area contributed by atoms with E-state index < -0.39 is 10.8 Å². The van der Waals surface area contributed by atoms with Crippen LogP contribution in [0.2, 0.25) is 0 Å². The second kappa shape index (κ2) is 10.5. The fraction of sp³-hybridized carbons (Fsp3) is 0.136. The maximum atomic E-state index is 12.3. The van der Waals surface area contributed by atoms with E-state index in [1.165, 1.54) is 37.6 Å². The maximum Gasteiger partial charge on any atom is 0.273 e. The Hall–Kier alpha value is -4.47. The highest BCUT2D eigenvalue weighted by atomic mass is 16.6. The number of amides is 2. The molecule has 164 valence electrons. The van der Waals surface area contributed by atoms with Gasteiger partial charge in [0, 0.05) is 11.6 Å². The minimum absolute atomic E-state index is 0.133. The van der Waals surface area contributed by atoms with Gasteiger partial charge in [0.25, 0.3) is 17.5 Å². The molecule has 3 aromatic rings. The average molecular weight is 436 g/mol. The lowest BCUT2D eigenvalue weighted by Crippen LogP contribution is -2.28. The van der Waals surface area contributed by atoms with E-state index in [9.17, 15) is 19.7 Å². The van der Waals surface area contributed by atoms with Crippen LogP contribution < -0.4 is 15.5 Å². The van der Waals surface area contributed by atoms with Crippen molar-refractivity contribution in [3.63, 3.8) is 0 Å². The summed E-state index contributed by atoms with van der Waals surface area (Å²) in [6.45, 7) is 1.64. The molecule has 0 saturated heterocycles. The number of nitrogens with zero attached hydrogens (tertiary/aromatic N) is 2. The highest BCUT2D eigenvalue weighted by Gasteiger charge is 2.17. The number of benzene rings is 2. The molecule has 0 spiro atoms. The molecule has 0 fully saturated rings. The van der Waals surface area contributed by atoms with E-state index in [2.05, 4.69) is 15.8 Å². The number of ether oxygens (including phenoxy) is 1. The number of hydrazone groups is 1. The molecule has 0 saturated carbocycles. The lowest BCUT2D eigenvalue weighted by Gasteiger charge is -2.07. The molecule has 0 aliphatic carbocycles. The highest BCUT2D eigenvalue weighted by molar-refractivity contribution is 5.97. The minimum Gasteiger partial charge on any atom is -0.484 e. The van der Waals surface area contributed by atoms with Crippen LogP contribution in [0.15, 0.2) is 70.4 Å². The lowest BCUT2D eigenvalue weighted by atomic mass is 10.1. The lowest BCUT2D eigenvalue weighted by molar-refractivity contribution is -0.385.